The highest BCUT2D eigenvalue weighted by Crippen LogP contribution is 2.36. The first-order valence-corrected chi connectivity index (χ1v) is 7.74. The van der Waals surface area contributed by atoms with E-state index in [2.05, 4.69) is 4.99 Å². The number of esters is 1. The number of ether oxygens (including phenoxy) is 4. The van der Waals surface area contributed by atoms with E-state index in [1.54, 1.807) is 12.1 Å². The van der Waals surface area contributed by atoms with Gasteiger partial charge in [-0.15, -0.1) is 0 Å². The molecule has 0 aromatic heterocycles. The molecule has 1 aliphatic heterocycles. The second-order valence-electron chi connectivity index (χ2n) is 5.41. The van der Waals surface area contributed by atoms with Gasteiger partial charge in [0.15, 0.2) is 28.8 Å². The number of nitrogens with zero attached hydrogens (tertiary/aromatic N) is 1. The minimum atomic E-state index is -1.06. The zero-order valence-electron chi connectivity index (χ0n) is 14.7. The first-order valence-electron chi connectivity index (χ1n) is 7.74. The maximum absolute atomic E-state index is 13.4. The van der Waals surface area contributed by atoms with E-state index in [1.807, 2.05) is 0 Å². The SMILES string of the molecule is COc1cc(OC)c(OC)cc1/C=C1\N=C(c2ccc(F)c(F)c2)OC1=O. The van der Waals surface area contributed by atoms with Crippen molar-refractivity contribution in [1.29, 1.82) is 0 Å². The highest BCUT2D eigenvalue weighted by Gasteiger charge is 2.25. The molecule has 2 aromatic rings. The van der Waals surface area contributed by atoms with Gasteiger partial charge in [-0.1, -0.05) is 0 Å². The summed E-state index contributed by atoms with van der Waals surface area (Å²) in [4.78, 5) is 16.2. The van der Waals surface area contributed by atoms with E-state index in [1.165, 1.54) is 33.5 Å². The van der Waals surface area contributed by atoms with Crippen LogP contribution >= 0.6 is 0 Å². The molecule has 0 aliphatic carbocycles. The van der Waals surface area contributed by atoms with Crippen molar-refractivity contribution in [2.75, 3.05) is 21.3 Å². The number of hydrogen-bond acceptors (Lipinski definition) is 6. The van der Waals surface area contributed by atoms with E-state index in [4.69, 9.17) is 18.9 Å². The van der Waals surface area contributed by atoms with Gasteiger partial charge < -0.3 is 18.9 Å². The van der Waals surface area contributed by atoms with Crippen molar-refractivity contribution in [2.24, 2.45) is 4.99 Å². The van der Waals surface area contributed by atoms with Gasteiger partial charge in [-0.25, -0.2) is 18.6 Å². The fourth-order valence-electron chi connectivity index (χ4n) is 2.47. The highest BCUT2D eigenvalue weighted by atomic mass is 19.2. The molecule has 0 bridgehead atoms. The van der Waals surface area contributed by atoms with Crippen LogP contribution in [0.4, 0.5) is 8.78 Å². The number of benzene rings is 2. The van der Waals surface area contributed by atoms with Gasteiger partial charge in [-0.05, 0) is 30.3 Å². The Morgan fingerprint density at radius 2 is 1.59 bits per heavy atom. The maximum atomic E-state index is 13.4. The molecular weight excluding hydrogens is 360 g/mol. The average molecular weight is 375 g/mol. The molecule has 0 radical (unpaired) electrons. The van der Waals surface area contributed by atoms with E-state index in [-0.39, 0.29) is 17.2 Å². The lowest BCUT2D eigenvalue weighted by molar-refractivity contribution is -0.129. The molecule has 6 nitrogen and oxygen atoms in total. The van der Waals surface area contributed by atoms with Gasteiger partial charge in [0.1, 0.15) is 5.75 Å². The summed E-state index contributed by atoms with van der Waals surface area (Å²) < 4.78 is 47.3. The molecule has 1 heterocycles. The van der Waals surface area contributed by atoms with E-state index >= 15 is 0 Å². The number of cyclic esters (lactones) is 1. The molecule has 0 fully saturated rings. The van der Waals surface area contributed by atoms with Crippen LogP contribution in [0.25, 0.3) is 6.08 Å². The Morgan fingerprint density at radius 3 is 2.22 bits per heavy atom. The Hall–Kier alpha value is -3.42. The number of methoxy groups -OCH3 is 3. The molecule has 0 unspecified atom stereocenters. The summed E-state index contributed by atoms with van der Waals surface area (Å²) in [5.74, 6) is -1.61. The third-order valence-corrected chi connectivity index (χ3v) is 3.82. The van der Waals surface area contributed by atoms with Gasteiger partial charge in [0, 0.05) is 17.2 Å². The van der Waals surface area contributed by atoms with Crippen molar-refractivity contribution in [3.63, 3.8) is 0 Å². The Kier molecular flexibility index (Phi) is 5.07. The molecular formula is C19H15F2NO5. The van der Waals surface area contributed by atoms with Crippen LogP contribution in [0.15, 0.2) is 41.0 Å². The minimum absolute atomic E-state index is 0.0275. The van der Waals surface area contributed by atoms with Gasteiger partial charge in [0.05, 0.1) is 21.3 Å². The summed E-state index contributed by atoms with van der Waals surface area (Å²) in [5, 5.41) is 0. The van der Waals surface area contributed by atoms with Gasteiger partial charge in [-0.3, -0.25) is 0 Å². The molecule has 0 atom stereocenters. The number of hydrogen-bond donors (Lipinski definition) is 0. The summed E-state index contributed by atoms with van der Waals surface area (Å²) in [6.07, 6.45) is 1.44. The van der Waals surface area contributed by atoms with Crippen molar-refractivity contribution >= 4 is 17.9 Å². The van der Waals surface area contributed by atoms with Crippen LogP contribution < -0.4 is 14.2 Å². The zero-order valence-corrected chi connectivity index (χ0v) is 14.7. The fraction of sp³-hybridized carbons (Fsp3) is 0.158. The maximum Gasteiger partial charge on any atom is 0.363 e. The molecule has 0 N–H and O–H groups in total. The summed E-state index contributed by atoms with van der Waals surface area (Å²) in [6.45, 7) is 0. The number of aliphatic imine (C=N–C) groups is 1. The second kappa shape index (κ2) is 7.45. The molecule has 0 amide bonds. The lowest BCUT2D eigenvalue weighted by Crippen LogP contribution is -2.06. The van der Waals surface area contributed by atoms with Crippen LogP contribution in [-0.2, 0) is 9.53 Å². The van der Waals surface area contributed by atoms with Crippen LogP contribution in [0, 0.1) is 11.6 Å². The Bertz CT molecular complexity index is 969. The summed E-state index contributed by atoms with van der Waals surface area (Å²) >= 11 is 0. The van der Waals surface area contributed by atoms with Crippen molar-refractivity contribution in [2.45, 2.75) is 0 Å². The molecule has 2 aromatic carbocycles. The molecule has 1 aliphatic rings. The minimum Gasteiger partial charge on any atom is -0.496 e. The van der Waals surface area contributed by atoms with Crippen molar-refractivity contribution in [1.82, 2.24) is 0 Å². The van der Waals surface area contributed by atoms with Crippen LogP contribution in [0.1, 0.15) is 11.1 Å². The standard InChI is InChI=1S/C19H15F2NO5/c1-24-15-9-17(26-3)16(25-2)8-11(15)7-14-19(23)27-18(22-14)10-4-5-12(20)13(21)6-10/h4-9H,1-3H3/b14-7-. The fourth-order valence-corrected chi connectivity index (χ4v) is 2.47. The van der Waals surface area contributed by atoms with Crippen molar-refractivity contribution in [3.05, 3.63) is 58.8 Å². The van der Waals surface area contributed by atoms with Crippen LogP contribution in [-0.4, -0.2) is 33.2 Å². The second-order valence-corrected chi connectivity index (χ2v) is 5.41. The molecule has 8 heteroatoms. The smallest absolute Gasteiger partial charge is 0.363 e. The van der Waals surface area contributed by atoms with Crippen molar-refractivity contribution in [3.8, 4) is 17.2 Å². The molecule has 0 saturated heterocycles. The number of carbonyl (C=O) groups is 1. The van der Waals surface area contributed by atoms with Crippen molar-refractivity contribution < 1.29 is 32.5 Å². The summed E-state index contributed by atoms with van der Waals surface area (Å²) in [5.41, 5.74) is 0.613. The topological polar surface area (TPSA) is 66.3 Å². The lowest BCUT2D eigenvalue weighted by atomic mass is 10.1. The first-order chi connectivity index (χ1) is 13.0. The van der Waals surface area contributed by atoms with Gasteiger partial charge >= 0.3 is 5.97 Å². The van der Waals surface area contributed by atoms with Crippen LogP contribution in [0.3, 0.4) is 0 Å². The highest BCUT2D eigenvalue weighted by molar-refractivity contribution is 6.13. The Labute approximate surface area is 153 Å². The Morgan fingerprint density at radius 1 is 0.926 bits per heavy atom. The molecule has 27 heavy (non-hydrogen) atoms. The molecule has 140 valence electrons. The molecule has 0 spiro atoms. The van der Waals surface area contributed by atoms with Gasteiger partial charge in [0.2, 0.25) is 5.90 Å². The van der Waals surface area contributed by atoms with E-state index < -0.39 is 17.6 Å². The molecule has 0 saturated carbocycles. The Balaban J connectivity index is 2.02. The van der Waals surface area contributed by atoms with E-state index in [0.717, 1.165) is 12.1 Å². The first kappa shape index (κ1) is 18.4. The zero-order chi connectivity index (χ0) is 19.6. The average Bonchev–Trinajstić information content (AvgIpc) is 3.04. The van der Waals surface area contributed by atoms with E-state index in [9.17, 15) is 13.6 Å². The summed E-state index contributed by atoms with van der Waals surface area (Å²) in [6, 6.07) is 6.32. The van der Waals surface area contributed by atoms with E-state index in [0.29, 0.717) is 22.8 Å². The van der Waals surface area contributed by atoms with Gasteiger partial charge in [0.25, 0.3) is 0 Å². The third kappa shape index (κ3) is 3.59. The number of rotatable bonds is 5. The molecule has 3 rings (SSSR count). The largest absolute Gasteiger partial charge is 0.496 e. The third-order valence-electron chi connectivity index (χ3n) is 3.82. The monoisotopic (exact) mass is 375 g/mol. The summed E-state index contributed by atoms with van der Waals surface area (Å²) in [7, 11) is 4.43. The number of halogens is 2. The van der Waals surface area contributed by atoms with Gasteiger partial charge in [-0.2, -0.15) is 0 Å². The normalized spacial score (nSPS) is 14.8. The van der Waals surface area contributed by atoms with Crippen LogP contribution in [0.5, 0.6) is 17.2 Å². The lowest BCUT2D eigenvalue weighted by Gasteiger charge is -2.12. The predicted molar refractivity (Wildman–Crippen MR) is 93.1 cm³/mol. The quantitative estimate of drug-likeness (QED) is 0.592. The number of carbonyl (C=O) groups excluding carboxylic acids is 1. The van der Waals surface area contributed by atoms with Crippen LogP contribution in [0.2, 0.25) is 0 Å². The predicted octanol–water partition coefficient (Wildman–Crippen LogP) is 3.34.